The molecule has 2 N–H and O–H groups in total. The van der Waals surface area contributed by atoms with Crippen molar-refractivity contribution in [1.29, 1.82) is 0 Å². The van der Waals surface area contributed by atoms with Gasteiger partial charge in [0.05, 0.1) is 12.0 Å². The first-order valence-corrected chi connectivity index (χ1v) is 9.97. The van der Waals surface area contributed by atoms with Gasteiger partial charge in [-0.1, -0.05) is 18.2 Å². The van der Waals surface area contributed by atoms with Crippen LogP contribution in [0.1, 0.15) is 11.1 Å². The summed E-state index contributed by atoms with van der Waals surface area (Å²) in [6.07, 6.45) is 0. The lowest BCUT2D eigenvalue weighted by Crippen LogP contribution is -2.12. The van der Waals surface area contributed by atoms with E-state index < -0.39 is 10.0 Å². The van der Waals surface area contributed by atoms with Crippen molar-refractivity contribution in [3.8, 4) is 5.75 Å². The fraction of sp³-hybridized carbons (Fsp3) is 0.143. The summed E-state index contributed by atoms with van der Waals surface area (Å²) in [6.45, 7) is 4.10. The van der Waals surface area contributed by atoms with Crippen LogP contribution in [0.25, 0.3) is 0 Å². The first-order chi connectivity index (χ1) is 12.9. The SMILES string of the molecule is COc1ccc(S(=O)(=O)Nc2ccc(Nc3c(C)cccc3C)cc2)cc1. The number of para-hydroxylation sites is 1. The topological polar surface area (TPSA) is 67.4 Å². The van der Waals surface area contributed by atoms with Crippen molar-refractivity contribution in [3.63, 3.8) is 0 Å². The standard InChI is InChI=1S/C21H22N2O3S/c1-15-5-4-6-16(2)21(15)22-17-7-9-18(10-8-17)23-27(24,25)20-13-11-19(26-3)12-14-20/h4-14,22-23H,1-3H3. The maximum Gasteiger partial charge on any atom is 0.261 e. The van der Waals surface area contributed by atoms with Gasteiger partial charge in [-0.2, -0.15) is 0 Å². The molecule has 0 aliphatic carbocycles. The molecule has 0 saturated carbocycles. The maximum atomic E-state index is 12.5. The van der Waals surface area contributed by atoms with Crippen LogP contribution in [0, 0.1) is 13.8 Å². The maximum absolute atomic E-state index is 12.5. The van der Waals surface area contributed by atoms with Crippen LogP contribution in [0.4, 0.5) is 17.1 Å². The normalized spacial score (nSPS) is 11.1. The highest BCUT2D eigenvalue weighted by atomic mass is 32.2. The van der Waals surface area contributed by atoms with Crippen molar-refractivity contribution in [2.75, 3.05) is 17.1 Å². The van der Waals surface area contributed by atoms with Gasteiger partial charge in [-0.15, -0.1) is 0 Å². The van der Waals surface area contributed by atoms with Gasteiger partial charge in [0, 0.05) is 17.1 Å². The fourth-order valence-corrected chi connectivity index (χ4v) is 3.81. The second-order valence-electron chi connectivity index (χ2n) is 6.25. The van der Waals surface area contributed by atoms with Crippen LogP contribution >= 0.6 is 0 Å². The quantitative estimate of drug-likeness (QED) is 0.639. The molecule has 0 radical (unpaired) electrons. The van der Waals surface area contributed by atoms with Crippen LogP contribution < -0.4 is 14.8 Å². The summed E-state index contributed by atoms with van der Waals surface area (Å²) in [5, 5.41) is 3.38. The Bertz CT molecular complexity index is 1010. The van der Waals surface area contributed by atoms with Gasteiger partial charge < -0.3 is 10.1 Å². The van der Waals surface area contributed by atoms with E-state index in [1.54, 1.807) is 24.3 Å². The fourth-order valence-electron chi connectivity index (χ4n) is 2.75. The Balaban J connectivity index is 1.75. The molecular formula is C21H22N2O3S. The Labute approximate surface area is 160 Å². The largest absolute Gasteiger partial charge is 0.497 e. The van der Waals surface area contributed by atoms with Crippen LogP contribution in [0.5, 0.6) is 5.75 Å². The first kappa shape index (κ1) is 18.8. The van der Waals surface area contributed by atoms with Crippen molar-refractivity contribution in [3.05, 3.63) is 77.9 Å². The summed E-state index contributed by atoms with van der Waals surface area (Å²) < 4.78 is 32.6. The van der Waals surface area contributed by atoms with E-state index in [4.69, 9.17) is 4.74 Å². The lowest BCUT2D eigenvalue weighted by molar-refractivity contribution is 0.414. The molecule has 0 unspecified atom stereocenters. The number of anilines is 3. The Morgan fingerprint density at radius 2 is 1.33 bits per heavy atom. The van der Waals surface area contributed by atoms with Crippen molar-refractivity contribution >= 4 is 27.1 Å². The predicted octanol–water partition coefficient (Wildman–Crippen LogP) is 4.86. The lowest BCUT2D eigenvalue weighted by Gasteiger charge is -2.13. The van der Waals surface area contributed by atoms with Gasteiger partial charge in [0.1, 0.15) is 5.75 Å². The first-order valence-electron chi connectivity index (χ1n) is 8.49. The summed E-state index contributed by atoms with van der Waals surface area (Å²) in [7, 11) is -2.11. The summed E-state index contributed by atoms with van der Waals surface area (Å²) in [5.41, 5.74) is 4.75. The minimum absolute atomic E-state index is 0.182. The van der Waals surface area contributed by atoms with E-state index in [2.05, 4.69) is 10.0 Å². The second-order valence-corrected chi connectivity index (χ2v) is 7.93. The lowest BCUT2D eigenvalue weighted by atomic mass is 10.1. The van der Waals surface area contributed by atoms with Gasteiger partial charge >= 0.3 is 0 Å². The van der Waals surface area contributed by atoms with Gasteiger partial charge in [0.15, 0.2) is 0 Å². The van der Waals surface area contributed by atoms with E-state index in [-0.39, 0.29) is 4.90 Å². The number of hydrogen-bond acceptors (Lipinski definition) is 4. The third-order valence-electron chi connectivity index (χ3n) is 4.26. The molecular weight excluding hydrogens is 360 g/mol. The molecule has 3 aromatic rings. The number of sulfonamides is 1. The summed E-state index contributed by atoms with van der Waals surface area (Å²) in [5.74, 6) is 0.607. The number of hydrogen-bond donors (Lipinski definition) is 2. The third kappa shape index (κ3) is 4.41. The van der Waals surface area contributed by atoms with Gasteiger partial charge in [-0.3, -0.25) is 4.72 Å². The molecule has 5 nitrogen and oxygen atoms in total. The molecule has 0 heterocycles. The monoisotopic (exact) mass is 382 g/mol. The summed E-state index contributed by atoms with van der Waals surface area (Å²) in [6, 6.07) is 19.5. The molecule has 0 atom stereocenters. The third-order valence-corrected chi connectivity index (χ3v) is 5.65. The minimum atomic E-state index is -3.65. The molecule has 3 rings (SSSR count). The number of aryl methyl sites for hydroxylation is 2. The number of rotatable bonds is 6. The van der Waals surface area contributed by atoms with Crippen LogP contribution in [-0.4, -0.2) is 15.5 Å². The molecule has 0 spiro atoms. The predicted molar refractivity (Wildman–Crippen MR) is 109 cm³/mol. The van der Waals surface area contributed by atoms with Crippen LogP contribution in [0.15, 0.2) is 71.6 Å². The molecule has 140 valence electrons. The zero-order valence-electron chi connectivity index (χ0n) is 15.5. The molecule has 0 amide bonds. The van der Waals surface area contributed by atoms with Gasteiger partial charge in [-0.25, -0.2) is 8.42 Å². The number of methoxy groups -OCH3 is 1. The Morgan fingerprint density at radius 3 is 1.89 bits per heavy atom. The minimum Gasteiger partial charge on any atom is -0.497 e. The van der Waals surface area contributed by atoms with E-state index in [9.17, 15) is 8.42 Å². The van der Waals surface area contributed by atoms with E-state index in [0.717, 1.165) is 22.5 Å². The molecule has 0 bridgehead atoms. The number of nitrogens with one attached hydrogen (secondary N) is 2. The van der Waals surface area contributed by atoms with E-state index in [1.165, 1.54) is 19.2 Å². The van der Waals surface area contributed by atoms with Crippen LogP contribution in [0.3, 0.4) is 0 Å². The second kappa shape index (κ2) is 7.72. The van der Waals surface area contributed by atoms with Crippen LogP contribution in [0.2, 0.25) is 0 Å². The molecule has 0 aliphatic heterocycles. The van der Waals surface area contributed by atoms with E-state index in [0.29, 0.717) is 11.4 Å². The molecule has 6 heteroatoms. The van der Waals surface area contributed by atoms with Gasteiger partial charge in [0.2, 0.25) is 0 Å². The van der Waals surface area contributed by atoms with Crippen molar-refractivity contribution < 1.29 is 13.2 Å². The molecule has 0 saturated heterocycles. The van der Waals surface area contributed by atoms with Gasteiger partial charge in [-0.05, 0) is 73.5 Å². The highest BCUT2D eigenvalue weighted by Gasteiger charge is 2.14. The summed E-state index contributed by atoms with van der Waals surface area (Å²) in [4.78, 5) is 0.182. The molecule has 27 heavy (non-hydrogen) atoms. The van der Waals surface area contributed by atoms with E-state index in [1.807, 2.05) is 44.2 Å². The van der Waals surface area contributed by atoms with Crippen LogP contribution in [-0.2, 0) is 10.0 Å². The molecule has 0 aliphatic rings. The zero-order chi connectivity index (χ0) is 19.4. The highest BCUT2D eigenvalue weighted by molar-refractivity contribution is 7.92. The Morgan fingerprint density at radius 1 is 0.778 bits per heavy atom. The average molecular weight is 382 g/mol. The Hall–Kier alpha value is -2.99. The molecule has 0 fully saturated rings. The zero-order valence-corrected chi connectivity index (χ0v) is 16.3. The molecule has 3 aromatic carbocycles. The number of benzene rings is 3. The smallest absolute Gasteiger partial charge is 0.261 e. The van der Waals surface area contributed by atoms with Crippen molar-refractivity contribution in [1.82, 2.24) is 0 Å². The summed E-state index contributed by atoms with van der Waals surface area (Å²) >= 11 is 0. The highest BCUT2D eigenvalue weighted by Crippen LogP contribution is 2.26. The average Bonchev–Trinajstić information content (AvgIpc) is 2.66. The van der Waals surface area contributed by atoms with Crippen molar-refractivity contribution in [2.45, 2.75) is 18.7 Å². The Kier molecular flexibility index (Phi) is 5.37. The van der Waals surface area contributed by atoms with Gasteiger partial charge in [0.25, 0.3) is 10.0 Å². The van der Waals surface area contributed by atoms with Crippen molar-refractivity contribution in [2.24, 2.45) is 0 Å². The number of ether oxygens (including phenoxy) is 1. The molecule has 0 aromatic heterocycles. The van der Waals surface area contributed by atoms with E-state index >= 15 is 0 Å².